The molecule has 0 radical (unpaired) electrons. The van der Waals surface area contributed by atoms with E-state index in [1.165, 1.54) is 30.4 Å². The lowest BCUT2D eigenvalue weighted by Gasteiger charge is -2.25. The molecule has 0 bridgehead atoms. The number of Topliss-reactive ketones (excluding diaryl/α,β-unsaturated/α-hetero) is 1. The van der Waals surface area contributed by atoms with Crippen molar-refractivity contribution in [3.8, 4) is 0 Å². The van der Waals surface area contributed by atoms with Crippen molar-refractivity contribution in [3.05, 3.63) is 48.1 Å². The van der Waals surface area contributed by atoms with E-state index in [-0.39, 0.29) is 5.92 Å². The zero-order valence-corrected chi connectivity index (χ0v) is 12.2. The maximum Gasteiger partial charge on any atom is 0.144 e. The zero-order valence-electron chi connectivity index (χ0n) is 12.2. The third-order valence-electron chi connectivity index (χ3n) is 4.98. The molecule has 0 spiro atoms. The van der Waals surface area contributed by atoms with Gasteiger partial charge in [-0.1, -0.05) is 42.5 Å². The monoisotopic (exact) mass is 268 g/mol. The van der Waals surface area contributed by atoms with Crippen LogP contribution in [0.2, 0.25) is 0 Å². The van der Waals surface area contributed by atoms with Gasteiger partial charge in [-0.05, 0) is 55.9 Å². The van der Waals surface area contributed by atoms with Gasteiger partial charge in [-0.2, -0.15) is 0 Å². The van der Waals surface area contributed by atoms with Crippen LogP contribution in [-0.4, -0.2) is 5.78 Å². The molecule has 1 nitrogen and oxygen atoms in total. The molecule has 0 aromatic heterocycles. The fourth-order valence-electron chi connectivity index (χ4n) is 3.79. The van der Waals surface area contributed by atoms with E-state index in [0.717, 1.165) is 25.7 Å². The van der Waals surface area contributed by atoms with Crippen molar-refractivity contribution in [1.82, 2.24) is 0 Å². The number of carbonyl (C=O) groups is 1. The van der Waals surface area contributed by atoms with Crippen LogP contribution in [0.1, 0.15) is 44.9 Å². The fraction of sp³-hybridized carbons (Fsp3) is 0.526. The molecule has 0 saturated heterocycles. The van der Waals surface area contributed by atoms with Gasteiger partial charge in [0.15, 0.2) is 0 Å². The van der Waals surface area contributed by atoms with Crippen LogP contribution in [0.25, 0.3) is 0 Å². The largest absolute Gasteiger partial charge is 0.299 e. The Bertz CT molecular complexity index is 492. The Morgan fingerprint density at radius 1 is 1.25 bits per heavy atom. The summed E-state index contributed by atoms with van der Waals surface area (Å²) >= 11 is 0. The molecule has 20 heavy (non-hydrogen) atoms. The van der Waals surface area contributed by atoms with Crippen LogP contribution in [0.5, 0.6) is 0 Å². The first-order chi connectivity index (χ1) is 9.74. The van der Waals surface area contributed by atoms with Gasteiger partial charge >= 0.3 is 0 Å². The molecule has 3 aliphatic carbocycles. The highest BCUT2D eigenvalue weighted by Crippen LogP contribution is 2.37. The highest BCUT2D eigenvalue weighted by Gasteiger charge is 2.29. The Morgan fingerprint density at radius 3 is 2.80 bits per heavy atom. The summed E-state index contributed by atoms with van der Waals surface area (Å²) in [4.78, 5) is 12.4. The zero-order chi connectivity index (χ0) is 13.9. The first kappa shape index (κ1) is 13.6. The van der Waals surface area contributed by atoms with E-state index in [1.54, 1.807) is 0 Å². The number of hydrogen-bond acceptors (Lipinski definition) is 1. The molecule has 0 amide bonds. The van der Waals surface area contributed by atoms with Gasteiger partial charge < -0.3 is 0 Å². The maximum absolute atomic E-state index is 12.4. The smallest absolute Gasteiger partial charge is 0.144 e. The predicted molar refractivity (Wildman–Crippen MR) is 83.3 cm³/mol. The lowest BCUT2D eigenvalue weighted by atomic mass is 9.78. The van der Waals surface area contributed by atoms with Gasteiger partial charge in [0.1, 0.15) is 5.78 Å². The van der Waals surface area contributed by atoms with Gasteiger partial charge in [0.05, 0.1) is 5.92 Å². The second-order valence-electron chi connectivity index (χ2n) is 6.46. The summed E-state index contributed by atoms with van der Waals surface area (Å²) in [5, 5.41) is 0. The highest BCUT2D eigenvalue weighted by atomic mass is 16.1. The molecule has 3 rings (SSSR count). The van der Waals surface area contributed by atoms with Crippen molar-refractivity contribution < 1.29 is 4.79 Å². The Morgan fingerprint density at radius 2 is 2.15 bits per heavy atom. The average molecular weight is 268 g/mol. The fourth-order valence-corrected chi connectivity index (χ4v) is 3.79. The van der Waals surface area contributed by atoms with E-state index >= 15 is 0 Å². The molecule has 0 aliphatic heterocycles. The van der Waals surface area contributed by atoms with Crippen molar-refractivity contribution >= 4 is 5.78 Å². The Kier molecular flexibility index (Phi) is 4.05. The molecule has 0 aromatic rings. The van der Waals surface area contributed by atoms with Crippen LogP contribution in [0.3, 0.4) is 0 Å². The van der Waals surface area contributed by atoms with Crippen LogP contribution >= 0.6 is 0 Å². The van der Waals surface area contributed by atoms with Crippen LogP contribution in [-0.2, 0) is 4.79 Å². The first-order valence-corrected chi connectivity index (χ1v) is 7.99. The molecule has 0 aromatic carbocycles. The van der Waals surface area contributed by atoms with E-state index in [2.05, 4.69) is 37.0 Å². The summed E-state index contributed by atoms with van der Waals surface area (Å²) in [6, 6.07) is 0. The second kappa shape index (κ2) is 5.95. The lowest BCUT2D eigenvalue weighted by Crippen LogP contribution is -2.23. The van der Waals surface area contributed by atoms with Crippen molar-refractivity contribution in [2.24, 2.45) is 17.8 Å². The Balaban J connectivity index is 1.64. The molecule has 1 saturated carbocycles. The first-order valence-electron chi connectivity index (χ1n) is 7.99. The summed E-state index contributed by atoms with van der Waals surface area (Å²) < 4.78 is 0. The maximum atomic E-state index is 12.4. The van der Waals surface area contributed by atoms with E-state index in [9.17, 15) is 4.79 Å². The van der Waals surface area contributed by atoms with Crippen LogP contribution in [0.15, 0.2) is 48.1 Å². The van der Waals surface area contributed by atoms with Crippen molar-refractivity contribution in [1.29, 1.82) is 0 Å². The van der Waals surface area contributed by atoms with Gasteiger partial charge in [-0.25, -0.2) is 0 Å². The normalized spacial score (nSPS) is 33.6. The van der Waals surface area contributed by atoms with Crippen molar-refractivity contribution in [2.75, 3.05) is 0 Å². The molecule has 0 N–H and O–H groups in total. The molecule has 3 unspecified atom stereocenters. The standard InChI is InChI=1S/C19H24O/c1-14-6-5-9-17(14)12-15-10-11-18(19(20)13-15)16-7-3-2-4-8-16/h3,7-8,10-11,15,17-18H,1-2,4-6,9,12-13H2. The predicted octanol–water partition coefficient (Wildman–Crippen LogP) is 4.77. The SMILES string of the molecule is C=C1CCCC1CC1C=CC(C2=CCCC=C2)C(=O)C1. The minimum Gasteiger partial charge on any atom is -0.299 e. The molecule has 1 heteroatoms. The Labute approximate surface area is 122 Å². The topological polar surface area (TPSA) is 17.1 Å². The summed E-state index contributed by atoms with van der Waals surface area (Å²) in [6.45, 7) is 4.18. The summed E-state index contributed by atoms with van der Waals surface area (Å²) in [5.74, 6) is 1.52. The number of allylic oxidation sites excluding steroid dienone is 7. The quantitative estimate of drug-likeness (QED) is 0.674. The van der Waals surface area contributed by atoms with Crippen LogP contribution < -0.4 is 0 Å². The summed E-state index contributed by atoms with van der Waals surface area (Å²) in [7, 11) is 0. The van der Waals surface area contributed by atoms with Gasteiger partial charge in [0.2, 0.25) is 0 Å². The molecule has 3 atom stereocenters. The van der Waals surface area contributed by atoms with Gasteiger partial charge in [-0.3, -0.25) is 4.79 Å². The Hall–Kier alpha value is -1.37. The van der Waals surface area contributed by atoms with Gasteiger partial charge in [0, 0.05) is 6.42 Å². The number of rotatable bonds is 3. The van der Waals surface area contributed by atoms with Crippen LogP contribution in [0.4, 0.5) is 0 Å². The summed E-state index contributed by atoms with van der Waals surface area (Å²) in [6.07, 6.45) is 18.8. The molecular weight excluding hydrogens is 244 g/mol. The van der Waals surface area contributed by atoms with E-state index in [0.29, 0.717) is 17.6 Å². The van der Waals surface area contributed by atoms with E-state index in [1.807, 2.05) is 0 Å². The molecule has 3 aliphatic rings. The molecule has 0 heterocycles. The molecule has 106 valence electrons. The molecular formula is C19H24O. The van der Waals surface area contributed by atoms with Crippen LogP contribution in [0, 0.1) is 17.8 Å². The lowest BCUT2D eigenvalue weighted by molar-refractivity contribution is -0.121. The second-order valence-corrected chi connectivity index (χ2v) is 6.46. The summed E-state index contributed by atoms with van der Waals surface area (Å²) in [5.41, 5.74) is 2.62. The number of hydrogen-bond donors (Lipinski definition) is 0. The van der Waals surface area contributed by atoms with Gasteiger partial charge in [-0.15, -0.1) is 0 Å². The van der Waals surface area contributed by atoms with Gasteiger partial charge in [0.25, 0.3) is 0 Å². The highest BCUT2D eigenvalue weighted by molar-refractivity contribution is 5.87. The third kappa shape index (κ3) is 2.87. The average Bonchev–Trinajstić information content (AvgIpc) is 2.85. The van der Waals surface area contributed by atoms with E-state index in [4.69, 9.17) is 0 Å². The number of ketones is 1. The van der Waals surface area contributed by atoms with Crippen molar-refractivity contribution in [2.45, 2.75) is 44.9 Å². The number of carbonyl (C=O) groups excluding carboxylic acids is 1. The minimum atomic E-state index is 0.0228. The van der Waals surface area contributed by atoms with E-state index < -0.39 is 0 Å². The minimum absolute atomic E-state index is 0.0228. The van der Waals surface area contributed by atoms with Crippen molar-refractivity contribution in [3.63, 3.8) is 0 Å². The third-order valence-corrected chi connectivity index (χ3v) is 4.98. The molecule has 1 fully saturated rings.